The maximum absolute atomic E-state index is 9.56. The summed E-state index contributed by atoms with van der Waals surface area (Å²) >= 11 is 2.20. The fourth-order valence-corrected chi connectivity index (χ4v) is 3.29. The molecule has 0 atom stereocenters. The molecular formula is C19H16IN3O2. The van der Waals surface area contributed by atoms with Gasteiger partial charge in [-0.15, -0.1) is 0 Å². The molecule has 0 saturated carbocycles. The average molecular weight is 445 g/mol. The summed E-state index contributed by atoms with van der Waals surface area (Å²) in [6, 6.07) is 13.7. The summed E-state index contributed by atoms with van der Waals surface area (Å²) in [4.78, 5) is 7.67. The zero-order valence-electron chi connectivity index (χ0n) is 13.8. The number of rotatable bonds is 5. The van der Waals surface area contributed by atoms with Crippen molar-refractivity contribution in [2.45, 2.75) is 6.92 Å². The molecule has 0 saturated heterocycles. The Morgan fingerprint density at radius 2 is 2.16 bits per heavy atom. The number of ether oxygens (including phenoxy) is 2. The van der Waals surface area contributed by atoms with E-state index in [1.54, 1.807) is 13.2 Å². The Labute approximate surface area is 159 Å². The van der Waals surface area contributed by atoms with E-state index in [9.17, 15) is 5.26 Å². The first-order valence-electron chi connectivity index (χ1n) is 7.73. The number of imidazole rings is 1. The van der Waals surface area contributed by atoms with E-state index in [2.05, 4.69) is 38.6 Å². The van der Waals surface area contributed by atoms with Crippen molar-refractivity contribution in [3.63, 3.8) is 0 Å². The van der Waals surface area contributed by atoms with Crippen LogP contribution in [0.15, 0.2) is 36.4 Å². The highest BCUT2D eigenvalue weighted by molar-refractivity contribution is 14.1. The lowest BCUT2D eigenvalue weighted by Crippen LogP contribution is -1.98. The lowest BCUT2D eigenvalue weighted by molar-refractivity contribution is 0.308. The molecule has 3 rings (SSSR count). The van der Waals surface area contributed by atoms with Crippen LogP contribution in [0, 0.1) is 14.9 Å². The molecule has 0 fully saturated rings. The summed E-state index contributed by atoms with van der Waals surface area (Å²) in [5.41, 5.74) is 3.04. The largest absolute Gasteiger partial charge is 0.493 e. The topological polar surface area (TPSA) is 70.9 Å². The highest BCUT2D eigenvalue weighted by atomic mass is 127. The first-order chi connectivity index (χ1) is 12.2. The Bertz CT molecular complexity index is 953. The quantitative estimate of drug-likeness (QED) is 0.459. The third-order valence-corrected chi connectivity index (χ3v) is 4.42. The molecule has 0 aliphatic carbocycles. The number of aromatic amines is 1. The van der Waals surface area contributed by atoms with Gasteiger partial charge in [0, 0.05) is 0 Å². The van der Waals surface area contributed by atoms with Gasteiger partial charge in [-0.1, -0.05) is 12.1 Å². The Morgan fingerprint density at radius 1 is 1.36 bits per heavy atom. The van der Waals surface area contributed by atoms with E-state index in [0.29, 0.717) is 29.5 Å². The minimum Gasteiger partial charge on any atom is -0.493 e. The van der Waals surface area contributed by atoms with E-state index in [1.807, 2.05) is 43.3 Å². The predicted molar refractivity (Wildman–Crippen MR) is 106 cm³/mol. The molecule has 1 heterocycles. The molecular weight excluding hydrogens is 429 g/mol. The highest BCUT2D eigenvalue weighted by Crippen LogP contribution is 2.35. The van der Waals surface area contributed by atoms with Crippen LogP contribution in [0.3, 0.4) is 0 Å². The number of fused-ring (bicyclic) bond motifs is 1. The van der Waals surface area contributed by atoms with Crippen molar-refractivity contribution >= 4 is 45.3 Å². The summed E-state index contributed by atoms with van der Waals surface area (Å²) in [6.07, 6.45) is 1.79. The molecule has 0 amide bonds. The van der Waals surface area contributed by atoms with E-state index >= 15 is 0 Å². The molecule has 0 spiro atoms. The van der Waals surface area contributed by atoms with Crippen LogP contribution in [0.5, 0.6) is 11.5 Å². The molecule has 5 nitrogen and oxygen atoms in total. The molecule has 0 bridgehead atoms. The van der Waals surface area contributed by atoms with Crippen molar-refractivity contribution in [2.24, 2.45) is 0 Å². The van der Waals surface area contributed by atoms with Gasteiger partial charge in [-0.2, -0.15) is 5.26 Å². The van der Waals surface area contributed by atoms with Crippen molar-refractivity contribution in [3.05, 3.63) is 51.4 Å². The molecule has 1 aromatic heterocycles. The fraction of sp³-hybridized carbons (Fsp3) is 0.158. The van der Waals surface area contributed by atoms with Gasteiger partial charge in [0.1, 0.15) is 11.9 Å². The molecule has 6 heteroatoms. The van der Waals surface area contributed by atoms with Crippen LogP contribution in [0.2, 0.25) is 0 Å². The Balaban J connectivity index is 2.05. The number of benzene rings is 2. The van der Waals surface area contributed by atoms with Crippen molar-refractivity contribution < 1.29 is 9.47 Å². The fourth-order valence-electron chi connectivity index (χ4n) is 2.51. The summed E-state index contributed by atoms with van der Waals surface area (Å²) in [5.74, 6) is 1.90. The average Bonchev–Trinajstić information content (AvgIpc) is 3.05. The number of methoxy groups -OCH3 is 1. The van der Waals surface area contributed by atoms with Crippen LogP contribution >= 0.6 is 22.6 Å². The minimum atomic E-state index is 0.457. The predicted octanol–water partition coefficient (Wildman–Crippen LogP) is 4.64. The number of H-pyrrole nitrogens is 1. The van der Waals surface area contributed by atoms with Gasteiger partial charge in [0.15, 0.2) is 11.5 Å². The number of para-hydroxylation sites is 2. The number of halogens is 1. The smallest absolute Gasteiger partial charge is 0.174 e. The number of aromatic nitrogens is 2. The monoisotopic (exact) mass is 445 g/mol. The first-order valence-corrected chi connectivity index (χ1v) is 8.81. The summed E-state index contributed by atoms with van der Waals surface area (Å²) < 4.78 is 12.0. The molecule has 0 radical (unpaired) electrons. The van der Waals surface area contributed by atoms with E-state index in [0.717, 1.165) is 20.2 Å². The third kappa shape index (κ3) is 3.61. The normalized spacial score (nSPS) is 11.4. The Morgan fingerprint density at radius 3 is 2.84 bits per heavy atom. The molecule has 0 aliphatic heterocycles. The second kappa shape index (κ2) is 7.57. The number of nitriles is 1. The molecule has 126 valence electrons. The van der Waals surface area contributed by atoms with Crippen LogP contribution in [0.25, 0.3) is 22.7 Å². The number of hydrogen-bond donors (Lipinski definition) is 1. The maximum Gasteiger partial charge on any atom is 0.174 e. The second-order valence-electron chi connectivity index (χ2n) is 5.24. The van der Waals surface area contributed by atoms with Gasteiger partial charge >= 0.3 is 0 Å². The number of nitrogens with zero attached hydrogens (tertiary/aromatic N) is 2. The van der Waals surface area contributed by atoms with Gasteiger partial charge in [0.05, 0.1) is 33.9 Å². The van der Waals surface area contributed by atoms with E-state index < -0.39 is 0 Å². The second-order valence-corrected chi connectivity index (χ2v) is 6.40. The maximum atomic E-state index is 9.56. The Kier molecular flexibility index (Phi) is 5.24. The Hall–Kier alpha value is -2.53. The molecule has 0 unspecified atom stereocenters. The zero-order chi connectivity index (χ0) is 17.8. The lowest BCUT2D eigenvalue weighted by atomic mass is 10.1. The zero-order valence-corrected chi connectivity index (χ0v) is 16.0. The summed E-state index contributed by atoms with van der Waals surface area (Å²) in [7, 11) is 1.60. The standard InChI is InChI=1S/C19H16IN3O2/c1-3-25-18-14(20)9-12(10-17(18)24-2)8-13(11-21)19-22-15-6-4-5-7-16(15)23-19/h4-10H,3H2,1-2H3,(H,22,23)/b13-8-. The van der Waals surface area contributed by atoms with Crippen molar-refractivity contribution in [1.82, 2.24) is 9.97 Å². The van der Waals surface area contributed by atoms with Gasteiger partial charge < -0.3 is 14.5 Å². The van der Waals surface area contributed by atoms with E-state index in [4.69, 9.17) is 9.47 Å². The highest BCUT2D eigenvalue weighted by Gasteiger charge is 2.12. The number of allylic oxidation sites excluding steroid dienone is 1. The third-order valence-electron chi connectivity index (χ3n) is 3.62. The number of nitrogens with one attached hydrogen (secondary N) is 1. The lowest BCUT2D eigenvalue weighted by Gasteiger charge is -2.12. The van der Waals surface area contributed by atoms with E-state index in [1.165, 1.54) is 0 Å². The van der Waals surface area contributed by atoms with Crippen molar-refractivity contribution in [2.75, 3.05) is 13.7 Å². The first kappa shape index (κ1) is 17.3. The van der Waals surface area contributed by atoms with E-state index in [-0.39, 0.29) is 0 Å². The molecule has 1 N–H and O–H groups in total. The van der Waals surface area contributed by atoms with Crippen molar-refractivity contribution in [1.29, 1.82) is 5.26 Å². The van der Waals surface area contributed by atoms with Gasteiger partial charge in [0.2, 0.25) is 0 Å². The van der Waals surface area contributed by atoms with Gasteiger partial charge in [-0.3, -0.25) is 0 Å². The van der Waals surface area contributed by atoms with Gasteiger partial charge in [0.25, 0.3) is 0 Å². The van der Waals surface area contributed by atoms with Gasteiger partial charge in [-0.05, 0) is 65.4 Å². The van der Waals surface area contributed by atoms with Crippen LogP contribution in [-0.2, 0) is 0 Å². The SMILES string of the molecule is CCOc1c(I)cc(/C=C(/C#N)c2nc3ccccc3[nH]2)cc1OC. The van der Waals surface area contributed by atoms with Crippen LogP contribution in [0.4, 0.5) is 0 Å². The molecule has 25 heavy (non-hydrogen) atoms. The molecule has 3 aromatic rings. The van der Waals surface area contributed by atoms with Crippen LogP contribution in [0.1, 0.15) is 18.3 Å². The van der Waals surface area contributed by atoms with Crippen LogP contribution in [-0.4, -0.2) is 23.7 Å². The summed E-state index contributed by atoms with van der Waals surface area (Å²) in [5, 5.41) is 9.56. The van der Waals surface area contributed by atoms with Crippen molar-refractivity contribution in [3.8, 4) is 17.6 Å². The summed E-state index contributed by atoms with van der Waals surface area (Å²) in [6.45, 7) is 2.49. The minimum absolute atomic E-state index is 0.457. The number of hydrogen-bond acceptors (Lipinski definition) is 4. The molecule has 0 aliphatic rings. The molecule has 2 aromatic carbocycles. The van der Waals surface area contributed by atoms with Crippen LogP contribution < -0.4 is 9.47 Å². The van der Waals surface area contributed by atoms with Gasteiger partial charge in [-0.25, -0.2) is 4.98 Å².